The van der Waals surface area contributed by atoms with Crippen LogP contribution in [0.5, 0.6) is 0 Å². The highest BCUT2D eigenvalue weighted by Gasteiger charge is 2.45. The van der Waals surface area contributed by atoms with E-state index < -0.39 is 0 Å². The fourth-order valence-electron chi connectivity index (χ4n) is 3.84. The monoisotopic (exact) mass is 409 g/mol. The maximum atomic E-state index is 6.33. The summed E-state index contributed by atoms with van der Waals surface area (Å²) in [6.07, 6.45) is 1.83. The van der Waals surface area contributed by atoms with Crippen LogP contribution >= 0.6 is 23.4 Å². The van der Waals surface area contributed by atoms with Crippen LogP contribution < -0.4 is 0 Å². The minimum atomic E-state index is -0.0585. The lowest BCUT2D eigenvalue weighted by Gasteiger charge is -2.25. The number of amidine groups is 1. The summed E-state index contributed by atoms with van der Waals surface area (Å²) in [6.45, 7) is 5.20. The molecule has 1 saturated heterocycles. The van der Waals surface area contributed by atoms with Crippen molar-refractivity contribution in [2.45, 2.75) is 31.2 Å². The number of rotatable bonds is 3. The fraction of sp³-hybridized carbons (Fsp3) is 0.273. The van der Waals surface area contributed by atoms with E-state index in [0.717, 1.165) is 45.1 Å². The van der Waals surface area contributed by atoms with Crippen molar-refractivity contribution >= 4 is 28.5 Å². The smallest absolute Gasteiger partial charge is 0.161 e. The first-order valence-corrected chi connectivity index (χ1v) is 10.6. The average molecular weight is 410 g/mol. The van der Waals surface area contributed by atoms with Crippen molar-refractivity contribution in [2.75, 3.05) is 6.54 Å². The zero-order valence-corrected chi connectivity index (χ0v) is 17.2. The van der Waals surface area contributed by atoms with Crippen LogP contribution in [-0.2, 0) is 0 Å². The number of halogens is 1. The lowest BCUT2D eigenvalue weighted by Crippen LogP contribution is -2.28. The lowest BCUT2D eigenvalue weighted by atomic mass is 10.0. The van der Waals surface area contributed by atoms with Gasteiger partial charge < -0.3 is 9.32 Å². The third-order valence-electron chi connectivity index (χ3n) is 5.26. The molecule has 0 amide bonds. The molecule has 28 heavy (non-hydrogen) atoms. The maximum Gasteiger partial charge on any atom is 0.161 e. The molecule has 4 heterocycles. The Bertz CT molecular complexity index is 1050. The van der Waals surface area contributed by atoms with Crippen LogP contribution in [-0.4, -0.2) is 26.8 Å². The van der Waals surface area contributed by atoms with Crippen molar-refractivity contribution in [3.63, 3.8) is 0 Å². The van der Waals surface area contributed by atoms with Crippen molar-refractivity contribution < 1.29 is 4.42 Å². The van der Waals surface area contributed by atoms with E-state index >= 15 is 0 Å². The highest BCUT2D eigenvalue weighted by molar-refractivity contribution is 8.14. The van der Waals surface area contributed by atoms with Gasteiger partial charge in [0, 0.05) is 28.6 Å². The van der Waals surface area contributed by atoms with Crippen molar-refractivity contribution in [1.82, 2.24) is 9.88 Å². The van der Waals surface area contributed by atoms with Crippen molar-refractivity contribution in [3.05, 3.63) is 76.8 Å². The second-order valence-corrected chi connectivity index (χ2v) is 9.12. The number of thioether (sulfide) groups is 1. The van der Waals surface area contributed by atoms with E-state index in [4.69, 9.17) is 21.0 Å². The molecular weight excluding hydrogens is 390 g/mol. The van der Waals surface area contributed by atoms with Crippen molar-refractivity contribution in [1.29, 1.82) is 0 Å². The predicted molar refractivity (Wildman–Crippen MR) is 115 cm³/mol. The van der Waals surface area contributed by atoms with E-state index in [1.54, 1.807) is 0 Å². The van der Waals surface area contributed by atoms with Crippen molar-refractivity contribution in [3.8, 4) is 11.3 Å². The van der Waals surface area contributed by atoms with Gasteiger partial charge >= 0.3 is 0 Å². The number of pyridine rings is 1. The highest BCUT2D eigenvalue weighted by atomic mass is 35.5. The lowest BCUT2D eigenvalue weighted by molar-refractivity contribution is 0.277. The number of aromatic nitrogens is 1. The second-order valence-electron chi connectivity index (χ2n) is 7.30. The molecule has 0 N–H and O–H groups in total. The Balaban J connectivity index is 1.53. The quantitative estimate of drug-likeness (QED) is 0.540. The number of hydrogen-bond acceptors (Lipinski definition) is 5. The van der Waals surface area contributed by atoms with E-state index in [0.29, 0.717) is 5.25 Å². The minimum absolute atomic E-state index is 0.0250. The average Bonchev–Trinajstić information content (AvgIpc) is 3.38. The van der Waals surface area contributed by atoms with Gasteiger partial charge in [-0.2, -0.15) is 0 Å². The van der Waals surface area contributed by atoms with E-state index in [-0.39, 0.29) is 12.1 Å². The van der Waals surface area contributed by atoms with Gasteiger partial charge in [0.25, 0.3) is 0 Å². The standard InChI is InChI=1S/C22H20ClN3OS/c1-13-6-7-15(11-16(13)23)18-8-9-19(27-18)21-20(17-5-3-4-10-24-17)25-22-26(21)12-14(2)28-22/h3-11,14,20-21H,12H2,1-2H3/t14-,20-,21+/m0/s1. The zero-order valence-electron chi connectivity index (χ0n) is 15.7. The molecule has 2 aliphatic heterocycles. The fourth-order valence-corrected chi connectivity index (χ4v) is 5.11. The molecule has 3 aromatic rings. The van der Waals surface area contributed by atoms with E-state index in [1.165, 1.54) is 0 Å². The molecule has 0 bridgehead atoms. The zero-order chi connectivity index (χ0) is 19.3. The van der Waals surface area contributed by atoms with Gasteiger partial charge in [0.05, 0.1) is 5.69 Å². The van der Waals surface area contributed by atoms with E-state index in [9.17, 15) is 0 Å². The molecule has 0 spiro atoms. The minimum Gasteiger partial charge on any atom is -0.459 e. The van der Waals surface area contributed by atoms with Gasteiger partial charge in [0.1, 0.15) is 23.6 Å². The molecule has 0 unspecified atom stereocenters. The van der Waals surface area contributed by atoms with Crippen LogP contribution in [0.1, 0.15) is 36.0 Å². The number of hydrogen-bond donors (Lipinski definition) is 0. The van der Waals surface area contributed by atoms with E-state index in [1.807, 2.05) is 67.3 Å². The first kappa shape index (κ1) is 17.8. The summed E-state index contributed by atoms with van der Waals surface area (Å²) < 4.78 is 6.33. The summed E-state index contributed by atoms with van der Waals surface area (Å²) in [5.41, 5.74) is 3.02. The van der Waals surface area contributed by atoms with Gasteiger partial charge in [-0.25, -0.2) is 4.99 Å². The van der Waals surface area contributed by atoms with Crippen LogP contribution in [0.4, 0.5) is 0 Å². The summed E-state index contributed by atoms with van der Waals surface area (Å²) in [6, 6.07) is 16.1. The summed E-state index contributed by atoms with van der Waals surface area (Å²) in [5, 5.41) is 2.36. The van der Waals surface area contributed by atoms with Crippen LogP contribution in [0.3, 0.4) is 0 Å². The topological polar surface area (TPSA) is 41.6 Å². The third-order valence-corrected chi connectivity index (χ3v) is 6.77. The molecule has 3 atom stereocenters. The second kappa shape index (κ2) is 6.98. The molecule has 1 fully saturated rings. The normalized spacial score (nSPS) is 23.8. The Morgan fingerprint density at radius 2 is 2.07 bits per heavy atom. The van der Waals surface area contributed by atoms with Gasteiger partial charge in [0.2, 0.25) is 0 Å². The molecule has 4 nitrogen and oxygen atoms in total. The number of nitrogens with zero attached hydrogens (tertiary/aromatic N) is 3. The number of aliphatic imine (C=N–C) groups is 1. The molecule has 2 aliphatic rings. The van der Waals surface area contributed by atoms with Crippen LogP contribution in [0, 0.1) is 6.92 Å². The van der Waals surface area contributed by atoms with Crippen molar-refractivity contribution in [2.24, 2.45) is 4.99 Å². The molecular formula is C22H20ClN3OS. The van der Waals surface area contributed by atoms with Gasteiger partial charge in [-0.05, 0) is 42.8 Å². The molecule has 2 aromatic heterocycles. The molecule has 6 heteroatoms. The Labute approximate surface area is 173 Å². The van der Waals surface area contributed by atoms with Gasteiger partial charge in [-0.15, -0.1) is 0 Å². The predicted octanol–water partition coefficient (Wildman–Crippen LogP) is 5.89. The number of fused-ring (bicyclic) bond motifs is 1. The molecule has 5 rings (SSSR count). The molecule has 0 aliphatic carbocycles. The van der Waals surface area contributed by atoms with Crippen LogP contribution in [0.25, 0.3) is 11.3 Å². The number of benzene rings is 1. The largest absolute Gasteiger partial charge is 0.459 e. The SMILES string of the molecule is Cc1ccc(-c2ccc([C@@H]3[C@H](c4ccccn4)N=C4S[C@@H](C)CN43)o2)cc1Cl. The van der Waals surface area contributed by atoms with Gasteiger partial charge in [0.15, 0.2) is 5.17 Å². The Morgan fingerprint density at radius 1 is 1.18 bits per heavy atom. The molecule has 0 radical (unpaired) electrons. The summed E-state index contributed by atoms with van der Waals surface area (Å²) in [7, 11) is 0. The van der Waals surface area contributed by atoms with Crippen LogP contribution in [0.2, 0.25) is 5.02 Å². The number of furan rings is 1. The first-order chi connectivity index (χ1) is 13.6. The van der Waals surface area contributed by atoms with E-state index in [2.05, 4.69) is 22.9 Å². The summed E-state index contributed by atoms with van der Waals surface area (Å²) in [5.74, 6) is 1.74. The number of aryl methyl sites for hydroxylation is 1. The summed E-state index contributed by atoms with van der Waals surface area (Å²) in [4.78, 5) is 11.9. The Morgan fingerprint density at radius 3 is 2.86 bits per heavy atom. The van der Waals surface area contributed by atoms with Gasteiger partial charge in [-0.3, -0.25) is 4.98 Å². The third kappa shape index (κ3) is 3.03. The maximum absolute atomic E-state index is 6.33. The highest BCUT2D eigenvalue weighted by Crippen LogP contribution is 2.48. The molecule has 0 saturated carbocycles. The molecule has 1 aromatic carbocycles. The Hall–Kier alpha value is -2.24. The Kier molecular flexibility index (Phi) is 4.44. The molecule has 142 valence electrons. The van der Waals surface area contributed by atoms with Gasteiger partial charge in [-0.1, -0.05) is 48.5 Å². The summed E-state index contributed by atoms with van der Waals surface area (Å²) >= 11 is 8.14. The van der Waals surface area contributed by atoms with Crippen LogP contribution in [0.15, 0.2) is 64.1 Å². The first-order valence-electron chi connectivity index (χ1n) is 9.38.